The van der Waals surface area contributed by atoms with E-state index in [1.54, 1.807) is 6.20 Å². The van der Waals surface area contributed by atoms with E-state index in [4.69, 9.17) is 21.8 Å². The molecule has 0 radical (unpaired) electrons. The molecule has 0 amide bonds. The summed E-state index contributed by atoms with van der Waals surface area (Å²) in [6.07, 6.45) is 9.58. The van der Waals surface area contributed by atoms with Crippen molar-refractivity contribution in [1.82, 2.24) is 44.1 Å². The molecule has 0 unspecified atom stereocenters. The largest absolute Gasteiger partial charge is 0.275 e. The molecule has 13 rings (SSSR count). The summed E-state index contributed by atoms with van der Waals surface area (Å²) in [5.74, 6) is 0. The number of hydrogen-bond donors (Lipinski definition) is 0. The van der Waals surface area contributed by atoms with E-state index in [0.717, 1.165) is 92.4 Å². The van der Waals surface area contributed by atoms with E-state index in [1.165, 1.54) is 0 Å². The number of rotatable bonds is 11. The van der Waals surface area contributed by atoms with Gasteiger partial charge in [-0.2, -0.15) is 20.4 Å². The van der Waals surface area contributed by atoms with Crippen LogP contribution in [0.5, 0.6) is 0 Å². The second-order valence-corrected chi connectivity index (χ2v) is 20.1. The smallest absolute Gasteiger partial charge is 0.138 e. The molecule has 0 bridgehead atoms. The third kappa shape index (κ3) is 8.59. The zero-order valence-corrected chi connectivity index (χ0v) is 44.5. The van der Waals surface area contributed by atoms with Crippen molar-refractivity contribution < 1.29 is 0 Å². The Morgan fingerprint density at radius 2 is 0.763 bits per heavy atom. The third-order valence-corrected chi connectivity index (χ3v) is 15.2. The molecule has 9 nitrogen and oxygen atoms in total. The highest BCUT2D eigenvalue weighted by molar-refractivity contribution is 14.1. The van der Waals surface area contributed by atoms with Gasteiger partial charge in [0.05, 0.1) is 23.4 Å². The molecule has 368 valence electrons. The topological polar surface area (TPSA) is 84.2 Å². The van der Waals surface area contributed by atoms with E-state index < -0.39 is 11.1 Å². The van der Waals surface area contributed by atoms with Crippen molar-refractivity contribution >= 4 is 56.0 Å². The molecule has 0 spiro atoms. The van der Waals surface area contributed by atoms with Gasteiger partial charge in [-0.3, -0.25) is 9.36 Å². The maximum Gasteiger partial charge on any atom is 0.138 e. The van der Waals surface area contributed by atoms with Crippen molar-refractivity contribution in [2.24, 2.45) is 14.1 Å². The fraction of sp³-hybridized carbons (Fsp3) is 0.0615. The van der Waals surface area contributed by atoms with Crippen molar-refractivity contribution in [3.05, 3.63) is 304 Å². The first-order valence-corrected chi connectivity index (χ1v) is 26.4. The van der Waals surface area contributed by atoms with Crippen molar-refractivity contribution in [3.8, 4) is 33.5 Å². The Balaban J connectivity index is 0.000000155. The molecule has 0 aliphatic rings. The highest BCUT2D eigenvalue weighted by atomic mass is 127. The molecule has 0 saturated carbocycles. The van der Waals surface area contributed by atoms with Crippen molar-refractivity contribution in [2.75, 3.05) is 0 Å². The number of aryl methyl sites for hydroxylation is 2. The minimum absolute atomic E-state index is 0.425. The molecule has 13 aromatic rings. The minimum atomic E-state index is -0.757. The van der Waals surface area contributed by atoms with E-state index in [1.807, 2.05) is 60.4 Å². The summed E-state index contributed by atoms with van der Waals surface area (Å²) in [4.78, 5) is 4.23. The number of halogens is 2. The standard InChI is InChI=1S/C35H26ClN5.C30H23IN4/c1-40-24-27(23-38-40)25-17-18-32-31(21-25)34(26-19-20-37-33(36)22-26)39-41(32)35(28-11-5-2-6-12-28,29-13-7-3-8-14-29)30-15-9-4-10-16-30;1-34-21-23(20-32-34)22-17-18-28-27(19-22)29(31)33-35(28)30(24-11-5-2-6-12-24,25-13-7-3-8-14-25)26-15-9-4-10-16-26/h2-24H,1H3;2-21H,1H3. The van der Waals surface area contributed by atoms with Crippen LogP contribution in [0.25, 0.3) is 55.3 Å². The molecule has 0 fully saturated rings. The summed E-state index contributed by atoms with van der Waals surface area (Å²) in [6, 6.07) is 80.7. The average Bonchev–Trinajstić information content (AvgIpc) is 4.44. The number of fused-ring (bicyclic) bond motifs is 2. The van der Waals surface area contributed by atoms with Gasteiger partial charge in [0, 0.05) is 60.1 Å². The zero-order chi connectivity index (χ0) is 51.6. The van der Waals surface area contributed by atoms with Crippen LogP contribution in [-0.4, -0.2) is 44.1 Å². The lowest BCUT2D eigenvalue weighted by Gasteiger charge is -2.37. The quantitative estimate of drug-likeness (QED) is 0.0732. The molecule has 0 aliphatic heterocycles. The van der Waals surface area contributed by atoms with E-state index in [2.05, 4.69) is 266 Å². The Hall–Kier alpha value is -8.71. The number of pyridine rings is 1. The summed E-state index contributed by atoms with van der Waals surface area (Å²) in [7, 11) is 3.87. The Morgan fingerprint density at radius 3 is 1.13 bits per heavy atom. The van der Waals surface area contributed by atoms with Crippen molar-refractivity contribution in [1.29, 1.82) is 0 Å². The lowest BCUT2D eigenvalue weighted by Crippen LogP contribution is -2.38. The summed E-state index contributed by atoms with van der Waals surface area (Å²) in [5, 5.41) is 22.0. The SMILES string of the molecule is Cn1cc(-c2ccc3c(c2)c(-c2ccnc(Cl)c2)nn3C(c2ccccc2)(c2ccccc2)c2ccccc2)cn1.Cn1cc(-c2ccc3c(c2)c(I)nn3C(c2ccccc2)(c2ccccc2)c2ccccc2)cn1. The number of nitrogens with zero attached hydrogens (tertiary/aromatic N) is 9. The zero-order valence-electron chi connectivity index (χ0n) is 41.6. The molecule has 76 heavy (non-hydrogen) atoms. The molecule has 0 N–H and O–H groups in total. The van der Waals surface area contributed by atoms with Gasteiger partial charge < -0.3 is 0 Å². The van der Waals surface area contributed by atoms with Gasteiger partial charge in [-0.25, -0.2) is 14.3 Å². The Labute approximate surface area is 459 Å². The Kier molecular flexibility index (Phi) is 13.0. The molecular formula is C65H49ClIN9. The van der Waals surface area contributed by atoms with Crippen LogP contribution in [-0.2, 0) is 25.2 Å². The molecule has 5 heterocycles. The van der Waals surface area contributed by atoms with Gasteiger partial charge in [0.2, 0.25) is 0 Å². The lowest BCUT2D eigenvalue weighted by atomic mass is 9.77. The number of benzene rings is 8. The molecule has 5 aromatic heterocycles. The third-order valence-electron chi connectivity index (χ3n) is 14.2. The van der Waals surface area contributed by atoms with Crippen molar-refractivity contribution in [2.45, 2.75) is 11.1 Å². The van der Waals surface area contributed by atoms with E-state index in [-0.39, 0.29) is 0 Å². The maximum atomic E-state index is 6.40. The number of hydrogen-bond acceptors (Lipinski definition) is 5. The second-order valence-electron chi connectivity index (χ2n) is 18.7. The maximum absolute atomic E-state index is 6.40. The van der Waals surface area contributed by atoms with Crippen LogP contribution in [0.4, 0.5) is 0 Å². The molecule has 0 saturated heterocycles. The van der Waals surface area contributed by atoms with Gasteiger partial charge >= 0.3 is 0 Å². The normalized spacial score (nSPS) is 11.7. The molecule has 8 aromatic carbocycles. The molecular weight excluding hydrogens is 1070 g/mol. The van der Waals surface area contributed by atoms with Gasteiger partial charge in [-0.05, 0) is 103 Å². The van der Waals surface area contributed by atoms with Crippen LogP contribution in [0.1, 0.15) is 33.4 Å². The highest BCUT2D eigenvalue weighted by Gasteiger charge is 2.42. The van der Waals surface area contributed by atoms with E-state index in [0.29, 0.717) is 5.15 Å². The predicted octanol–water partition coefficient (Wildman–Crippen LogP) is 14.9. The monoisotopic (exact) mass is 1120 g/mol. The first-order chi connectivity index (χ1) is 37.3. The molecule has 0 aliphatic carbocycles. The lowest BCUT2D eigenvalue weighted by molar-refractivity contribution is 0.473. The van der Waals surface area contributed by atoms with Crippen LogP contribution in [0.2, 0.25) is 5.15 Å². The van der Waals surface area contributed by atoms with Crippen molar-refractivity contribution in [3.63, 3.8) is 0 Å². The molecule has 11 heteroatoms. The second kappa shape index (κ2) is 20.5. The average molecular weight is 1120 g/mol. The summed E-state index contributed by atoms with van der Waals surface area (Å²) < 4.78 is 9.00. The van der Waals surface area contributed by atoms with Crippen LogP contribution in [0, 0.1) is 3.70 Å². The minimum Gasteiger partial charge on any atom is -0.275 e. The van der Waals surface area contributed by atoms with Gasteiger partial charge in [0.1, 0.15) is 25.6 Å². The predicted molar refractivity (Wildman–Crippen MR) is 314 cm³/mol. The van der Waals surface area contributed by atoms with Gasteiger partial charge in [-0.1, -0.05) is 206 Å². The fourth-order valence-corrected chi connectivity index (χ4v) is 11.6. The number of aromatic nitrogens is 9. The molecule has 0 atom stereocenters. The summed E-state index contributed by atoms with van der Waals surface area (Å²) >= 11 is 8.77. The first kappa shape index (κ1) is 48.2. The van der Waals surface area contributed by atoms with Gasteiger partial charge in [0.15, 0.2) is 0 Å². The first-order valence-electron chi connectivity index (χ1n) is 25.0. The summed E-state index contributed by atoms with van der Waals surface area (Å²) in [5.41, 5.74) is 13.6. The van der Waals surface area contributed by atoms with Crippen LogP contribution in [0.3, 0.4) is 0 Å². The van der Waals surface area contributed by atoms with Crippen LogP contribution in [0.15, 0.2) is 262 Å². The highest BCUT2D eigenvalue weighted by Crippen LogP contribution is 2.46. The van der Waals surface area contributed by atoms with Crippen LogP contribution >= 0.6 is 34.2 Å². The van der Waals surface area contributed by atoms with Gasteiger partial charge in [-0.15, -0.1) is 0 Å². The van der Waals surface area contributed by atoms with Crippen LogP contribution < -0.4 is 0 Å². The van der Waals surface area contributed by atoms with E-state index >= 15 is 0 Å². The Bertz CT molecular complexity index is 3910. The Morgan fingerprint density at radius 1 is 0.395 bits per heavy atom. The fourth-order valence-electron chi connectivity index (χ4n) is 10.8. The van der Waals surface area contributed by atoms with Gasteiger partial charge in [0.25, 0.3) is 0 Å². The summed E-state index contributed by atoms with van der Waals surface area (Å²) in [6.45, 7) is 0. The van der Waals surface area contributed by atoms with E-state index in [9.17, 15) is 0 Å².